The van der Waals surface area contributed by atoms with Crippen molar-refractivity contribution in [1.29, 1.82) is 0 Å². The van der Waals surface area contributed by atoms with Crippen LogP contribution < -0.4 is 10.1 Å². The Balaban J connectivity index is 2.82. The molecule has 2 nitrogen and oxygen atoms in total. The van der Waals surface area contributed by atoms with Crippen LogP contribution in [0.25, 0.3) is 0 Å². The van der Waals surface area contributed by atoms with Crippen LogP contribution in [0, 0.1) is 12.3 Å². The second-order valence-corrected chi connectivity index (χ2v) is 7.38. The summed E-state index contributed by atoms with van der Waals surface area (Å²) < 4.78 is 6.20. The molecule has 0 aromatic heterocycles. The summed E-state index contributed by atoms with van der Waals surface area (Å²) in [4.78, 5) is 0. The van der Waals surface area contributed by atoms with E-state index in [1.165, 1.54) is 11.1 Å². The monoisotopic (exact) mass is 291 g/mol. The van der Waals surface area contributed by atoms with Crippen LogP contribution in [-0.2, 0) is 0 Å². The van der Waals surface area contributed by atoms with Gasteiger partial charge in [0.25, 0.3) is 0 Å². The lowest BCUT2D eigenvalue weighted by Crippen LogP contribution is -2.45. The lowest BCUT2D eigenvalue weighted by atomic mass is 9.87. The van der Waals surface area contributed by atoms with E-state index in [1.807, 2.05) is 0 Å². The molecule has 0 spiro atoms. The fourth-order valence-electron chi connectivity index (χ4n) is 2.35. The van der Waals surface area contributed by atoms with Gasteiger partial charge in [0.1, 0.15) is 12.4 Å². The van der Waals surface area contributed by atoms with Crippen molar-refractivity contribution >= 4 is 0 Å². The SMILES string of the molecule is CCCNC(COc1cc(C)ccc1C(C)C)C(C)(C)C. The van der Waals surface area contributed by atoms with Crippen molar-refractivity contribution in [2.45, 2.75) is 66.8 Å². The zero-order valence-electron chi connectivity index (χ0n) is 14.9. The van der Waals surface area contributed by atoms with E-state index in [2.05, 4.69) is 72.0 Å². The van der Waals surface area contributed by atoms with Crippen LogP contribution in [0.1, 0.15) is 65.0 Å². The topological polar surface area (TPSA) is 21.3 Å². The Morgan fingerprint density at radius 3 is 2.38 bits per heavy atom. The molecular weight excluding hydrogens is 258 g/mol. The first-order valence-electron chi connectivity index (χ1n) is 8.22. The quantitative estimate of drug-likeness (QED) is 0.770. The molecule has 1 aromatic rings. The predicted molar refractivity (Wildman–Crippen MR) is 92.3 cm³/mol. The molecule has 0 fully saturated rings. The van der Waals surface area contributed by atoms with Crippen molar-refractivity contribution in [2.24, 2.45) is 5.41 Å². The molecule has 1 N–H and O–H groups in total. The summed E-state index contributed by atoms with van der Waals surface area (Å²) in [5.74, 6) is 1.52. The lowest BCUT2D eigenvalue weighted by Gasteiger charge is -2.32. The summed E-state index contributed by atoms with van der Waals surface area (Å²) in [6.45, 7) is 17.3. The number of aryl methyl sites for hydroxylation is 1. The average molecular weight is 291 g/mol. The molecule has 2 heteroatoms. The van der Waals surface area contributed by atoms with Crippen LogP contribution in [0.15, 0.2) is 18.2 Å². The van der Waals surface area contributed by atoms with E-state index < -0.39 is 0 Å². The predicted octanol–water partition coefficient (Wildman–Crippen LogP) is 4.91. The van der Waals surface area contributed by atoms with Gasteiger partial charge in [0.05, 0.1) is 0 Å². The first-order valence-corrected chi connectivity index (χ1v) is 8.22. The van der Waals surface area contributed by atoms with Gasteiger partial charge in [-0.15, -0.1) is 0 Å². The Hall–Kier alpha value is -1.02. The van der Waals surface area contributed by atoms with Crippen molar-refractivity contribution in [1.82, 2.24) is 5.32 Å². The van der Waals surface area contributed by atoms with E-state index in [0.717, 1.165) is 18.7 Å². The number of benzene rings is 1. The molecular formula is C19H33NO. The average Bonchev–Trinajstić information content (AvgIpc) is 2.36. The van der Waals surface area contributed by atoms with E-state index in [-0.39, 0.29) is 5.41 Å². The fourth-order valence-corrected chi connectivity index (χ4v) is 2.35. The second-order valence-electron chi connectivity index (χ2n) is 7.38. The highest BCUT2D eigenvalue weighted by atomic mass is 16.5. The number of rotatable bonds is 7. The van der Waals surface area contributed by atoms with Gasteiger partial charge >= 0.3 is 0 Å². The number of nitrogens with one attached hydrogen (secondary N) is 1. The van der Waals surface area contributed by atoms with Gasteiger partial charge in [-0.2, -0.15) is 0 Å². The van der Waals surface area contributed by atoms with Crippen molar-refractivity contribution < 1.29 is 4.74 Å². The Bertz CT molecular complexity index is 432. The van der Waals surface area contributed by atoms with Gasteiger partial charge in [0.2, 0.25) is 0 Å². The first-order chi connectivity index (χ1) is 9.75. The molecule has 0 heterocycles. The normalized spacial score (nSPS) is 13.5. The van der Waals surface area contributed by atoms with Crippen LogP contribution in [0.5, 0.6) is 5.75 Å². The fraction of sp³-hybridized carbons (Fsp3) is 0.684. The molecule has 0 saturated heterocycles. The number of hydrogen-bond donors (Lipinski definition) is 1. The summed E-state index contributed by atoms with van der Waals surface area (Å²) >= 11 is 0. The van der Waals surface area contributed by atoms with E-state index in [9.17, 15) is 0 Å². The van der Waals surface area contributed by atoms with Gasteiger partial charge in [-0.1, -0.05) is 53.7 Å². The number of hydrogen-bond acceptors (Lipinski definition) is 2. The van der Waals surface area contributed by atoms with Crippen molar-refractivity contribution in [2.75, 3.05) is 13.2 Å². The molecule has 21 heavy (non-hydrogen) atoms. The molecule has 0 aliphatic heterocycles. The molecule has 0 aliphatic carbocycles. The van der Waals surface area contributed by atoms with Crippen molar-refractivity contribution in [3.05, 3.63) is 29.3 Å². The highest BCUT2D eigenvalue weighted by Crippen LogP contribution is 2.28. The third kappa shape index (κ3) is 5.70. The van der Waals surface area contributed by atoms with Gasteiger partial charge < -0.3 is 10.1 Å². The van der Waals surface area contributed by atoms with Crippen LogP contribution in [0.2, 0.25) is 0 Å². The van der Waals surface area contributed by atoms with Gasteiger partial charge in [-0.3, -0.25) is 0 Å². The molecule has 1 aromatic carbocycles. The second kappa shape index (κ2) is 7.84. The van der Waals surface area contributed by atoms with Crippen molar-refractivity contribution in [3.63, 3.8) is 0 Å². The maximum Gasteiger partial charge on any atom is 0.123 e. The van der Waals surface area contributed by atoms with E-state index in [4.69, 9.17) is 4.74 Å². The van der Waals surface area contributed by atoms with Gasteiger partial charge in [-0.05, 0) is 48.4 Å². The molecule has 0 amide bonds. The summed E-state index contributed by atoms with van der Waals surface area (Å²) in [5.41, 5.74) is 2.74. The minimum atomic E-state index is 0.191. The Labute approximate surface area is 131 Å². The maximum absolute atomic E-state index is 6.20. The van der Waals surface area contributed by atoms with Gasteiger partial charge in [-0.25, -0.2) is 0 Å². The molecule has 0 bridgehead atoms. The van der Waals surface area contributed by atoms with Crippen LogP contribution in [0.3, 0.4) is 0 Å². The third-order valence-corrected chi connectivity index (χ3v) is 3.88. The minimum Gasteiger partial charge on any atom is -0.492 e. The standard InChI is InChI=1S/C19H33NO/c1-8-11-20-18(19(5,6)7)13-21-17-12-15(4)9-10-16(17)14(2)3/h9-10,12,14,18,20H,8,11,13H2,1-7H3. The molecule has 1 unspecified atom stereocenters. The zero-order chi connectivity index (χ0) is 16.0. The van der Waals surface area contributed by atoms with Crippen LogP contribution in [0.4, 0.5) is 0 Å². The van der Waals surface area contributed by atoms with Crippen LogP contribution in [-0.4, -0.2) is 19.2 Å². The Morgan fingerprint density at radius 1 is 1.19 bits per heavy atom. The maximum atomic E-state index is 6.20. The summed E-state index contributed by atoms with van der Waals surface area (Å²) in [6.07, 6.45) is 1.15. The van der Waals surface area contributed by atoms with Gasteiger partial charge in [0, 0.05) is 6.04 Å². The molecule has 1 rings (SSSR count). The van der Waals surface area contributed by atoms with E-state index >= 15 is 0 Å². The molecule has 0 radical (unpaired) electrons. The third-order valence-electron chi connectivity index (χ3n) is 3.88. The highest BCUT2D eigenvalue weighted by Gasteiger charge is 2.25. The lowest BCUT2D eigenvalue weighted by molar-refractivity contribution is 0.173. The zero-order valence-corrected chi connectivity index (χ0v) is 14.9. The summed E-state index contributed by atoms with van der Waals surface area (Å²) in [6, 6.07) is 6.88. The van der Waals surface area contributed by atoms with Crippen molar-refractivity contribution in [3.8, 4) is 5.75 Å². The van der Waals surface area contributed by atoms with Gasteiger partial charge in [0.15, 0.2) is 0 Å². The smallest absolute Gasteiger partial charge is 0.123 e. The Morgan fingerprint density at radius 2 is 1.86 bits per heavy atom. The van der Waals surface area contributed by atoms with E-state index in [1.54, 1.807) is 0 Å². The minimum absolute atomic E-state index is 0.191. The molecule has 1 atom stereocenters. The summed E-state index contributed by atoms with van der Waals surface area (Å²) in [5, 5.41) is 3.62. The van der Waals surface area contributed by atoms with Crippen LogP contribution >= 0.6 is 0 Å². The number of ether oxygens (including phenoxy) is 1. The molecule has 0 saturated carbocycles. The molecule has 0 aliphatic rings. The first kappa shape index (κ1) is 18.0. The summed E-state index contributed by atoms with van der Waals surface area (Å²) in [7, 11) is 0. The largest absolute Gasteiger partial charge is 0.492 e. The highest BCUT2D eigenvalue weighted by molar-refractivity contribution is 5.39. The molecule has 120 valence electrons. The van der Waals surface area contributed by atoms with E-state index in [0.29, 0.717) is 18.6 Å². The Kier molecular flexibility index (Phi) is 6.73.